The van der Waals surface area contributed by atoms with Crippen LogP contribution in [0.4, 0.5) is 18.9 Å². The van der Waals surface area contributed by atoms with Crippen molar-refractivity contribution >= 4 is 5.69 Å². The molecule has 1 fully saturated rings. The van der Waals surface area contributed by atoms with Crippen molar-refractivity contribution in [1.29, 1.82) is 0 Å². The zero-order chi connectivity index (χ0) is 15.6. The van der Waals surface area contributed by atoms with Crippen molar-refractivity contribution in [3.63, 3.8) is 0 Å². The number of hydrogen-bond donors (Lipinski definition) is 1. The van der Waals surface area contributed by atoms with Crippen LogP contribution in [-0.2, 0) is 12.7 Å². The predicted molar refractivity (Wildman–Crippen MR) is 79.1 cm³/mol. The summed E-state index contributed by atoms with van der Waals surface area (Å²) in [4.78, 5) is 1.86. The van der Waals surface area contributed by atoms with Gasteiger partial charge in [-0.25, -0.2) is 0 Å². The lowest BCUT2D eigenvalue weighted by atomic mass is 9.86. The number of halogens is 3. The van der Waals surface area contributed by atoms with Gasteiger partial charge in [-0.3, -0.25) is 0 Å². The fourth-order valence-corrected chi connectivity index (χ4v) is 3.02. The summed E-state index contributed by atoms with van der Waals surface area (Å²) in [5.74, 6) is 1.20. The minimum atomic E-state index is -4.34. The van der Waals surface area contributed by atoms with E-state index in [2.05, 4.69) is 13.8 Å². The molecule has 5 heteroatoms. The molecule has 2 nitrogen and oxygen atoms in total. The summed E-state index contributed by atoms with van der Waals surface area (Å²) in [6.45, 7) is 5.86. The van der Waals surface area contributed by atoms with E-state index in [1.165, 1.54) is 6.07 Å². The number of anilines is 1. The molecule has 118 valence electrons. The van der Waals surface area contributed by atoms with E-state index in [9.17, 15) is 13.2 Å². The molecule has 1 saturated heterocycles. The van der Waals surface area contributed by atoms with E-state index in [-0.39, 0.29) is 6.54 Å². The van der Waals surface area contributed by atoms with Gasteiger partial charge in [0.2, 0.25) is 0 Å². The van der Waals surface area contributed by atoms with Crippen molar-refractivity contribution in [2.45, 2.75) is 39.4 Å². The van der Waals surface area contributed by atoms with Crippen molar-refractivity contribution in [2.75, 3.05) is 18.0 Å². The van der Waals surface area contributed by atoms with E-state index in [0.29, 0.717) is 36.2 Å². The van der Waals surface area contributed by atoms with Gasteiger partial charge in [-0.05, 0) is 42.4 Å². The summed E-state index contributed by atoms with van der Waals surface area (Å²) >= 11 is 0. The van der Waals surface area contributed by atoms with Crippen LogP contribution in [0, 0.1) is 11.8 Å². The minimum absolute atomic E-state index is 0.124. The van der Waals surface area contributed by atoms with Gasteiger partial charge in [0.05, 0.1) is 5.56 Å². The predicted octanol–water partition coefficient (Wildman–Crippen LogP) is 4.04. The van der Waals surface area contributed by atoms with Crippen LogP contribution in [-0.4, -0.2) is 13.1 Å². The van der Waals surface area contributed by atoms with Gasteiger partial charge in [0, 0.05) is 25.3 Å². The lowest BCUT2D eigenvalue weighted by Crippen LogP contribution is -2.36. The molecule has 0 atom stereocenters. The fraction of sp³-hybridized carbons (Fsp3) is 0.625. The third-order valence-corrected chi connectivity index (χ3v) is 4.43. The van der Waals surface area contributed by atoms with Gasteiger partial charge in [-0.2, -0.15) is 13.2 Å². The summed E-state index contributed by atoms with van der Waals surface area (Å²) < 4.78 is 39.8. The topological polar surface area (TPSA) is 29.3 Å². The van der Waals surface area contributed by atoms with E-state index in [1.54, 1.807) is 12.1 Å². The van der Waals surface area contributed by atoms with Crippen molar-refractivity contribution in [3.05, 3.63) is 29.3 Å². The number of rotatable bonds is 3. The quantitative estimate of drug-likeness (QED) is 0.913. The van der Waals surface area contributed by atoms with Gasteiger partial charge >= 0.3 is 6.18 Å². The normalized spacial score (nSPS) is 17.6. The minimum Gasteiger partial charge on any atom is -0.371 e. The number of alkyl halides is 3. The molecule has 0 amide bonds. The van der Waals surface area contributed by atoms with Gasteiger partial charge in [-0.15, -0.1) is 0 Å². The average molecular weight is 300 g/mol. The van der Waals surface area contributed by atoms with Gasteiger partial charge in [0.15, 0.2) is 0 Å². The summed E-state index contributed by atoms with van der Waals surface area (Å²) in [5.41, 5.74) is 5.71. The molecule has 0 aromatic heterocycles. The Labute approximate surface area is 124 Å². The summed E-state index contributed by atoms with van der Waals surface area (Å²) in [5, 5.41) is 0. The standard InChI is InChI=1S/C16H23F3N2/c1-11(2)13-5-7-21(8-6-13)15-4-3-12(10-20)9-14(15)16(17,18)19/h3-4,9,11,13H,5-8,10,20H2,1-2H3. The fourth-order valence-electron chi connectivity index (χ4n) is 3.02. The first-order valence-electron chi connectivity index (χ1n) is 7.48. The second kappa shape index (κ2) is 6.26. The molecule has 0 unspecified atom stereocenters. The third-order valence-electron chi connectivity index (χ3n) is 4.43. The molecule has 2 rings (SSSR count). The molecule has 0 radical (unpaired) electrons. The highest BCUT2D eigenvalue weighted by Crippen LogP contribution is 2.39. The van der Waals surface area contributed by atoms with Crippen LogP contribution in [0.3, 0.4) is 0 Å². The highest BCUT2D eigenvalue weighted by atomic mass is 19.4. The second-order valence-electron chi connectivity index (χ2n) is 6.12. The van der Waals surface area contributed by atoms with Gasteiger partial charge in [0.25, 0.3) is 0 Å². The molecule has 1 aromatic carbocycles. The Bertz CT molecular complexity index is 475. The van der Waals surface area contributed by atoms with Crippen molar-refractivity contribution in [1.82, 2.24) is 0 Å². The third kappa shape index (κ3) is 3.70. The van der Waals surface area contributed by atoms with Crippen LogP contribution in [0.2, 0.25) is 0 Å². The Morgan fingerprint density at radius 1 is 1.24 bits per heavy atom. The number of nitrogens with zero attached hydrogens (tertiary/aromatic N) is 1. The molecule has 0 saturated carbocycles. The maximum Gasteiger partial charge on any atom is 0.418 e. The molecule has 1 aliphatic heterocycles. The van der Waals surface area contributed by atoms with Crippen LogP contribution in [0.25, 0.3) is 0 Å². The molecule has 1 heterocycles. The Hall–Kier alpha value is -1.23. The number of hydrogen-bond acceptors (Lipinski definition) is 2. The number of nitrogens with two attached hydrogens (primary N) is 1. The average Bonchev–Trinajstić information content (AvgIpc) is 2.46. The van der Waals surface area contributed by atoms with Crippen molar-refractivity contribution < 1.29 is 13.2 Å². The molecule has 21 heavy (non-hydrogen) atoms. The van der Waals surface area contributed by atoms with Crippen molar-refractivity contribution in [3.8, 4) is 0 Å². The molecule has 0 bridgehead atoms. The van der Waals surface area contributed by atoms with E-state index in [4.69, 9.17) is 5.73 Å². The molecule has 1 aromatic rings. The van der Waals surface area contributed by atoms with Gasteiger partial charge in [0.1, 0.15) is 0 Å². The van der Waals surface area contributed by atoms with Crippen molar-refractivity contribution in [2.24, 2.45) is 17.6 Å². The first-order chi connectivity index (χ1) is 9.82. The van der Waals surface area contributed by atoms with E-state index < -0.39 is 11.7 Å². The maximum atomic E-state index is 13.3. The highest BCUT2D eigenvalue weighted by Gasteiger charge is 2.36. The highest BCUT2D eigenvalue weighted by molar-refractivity contribution is 5.56. The summed E-state index contributed by atoms with van der Waals surface area (Å²) in [7, 11) is 0. The number of benzene rings is 1. The molecule has 1 aliphatic rings. The van der Waals surface area contributed by atoms with Crippen LogP contribution in [0.5, 0.6) is 0 Å². The maximum absolute atomic E-state index is 13.3. The van der Waals surface area contributed by atoms with Crippen LogP contribution >= 0.6 is 0 Å². The zero-order valence-corrected chi connectivity index (χ0v) is 12.6. The lowest BCUT2D eigenvalue weighted by Gasteiger charge is -2.36. The Morgan fingerprint density at radius 3 is 2.33 bits per heavy atom. The smallest absolute Gasteiger partial charge is 0.371 e. The Morgan fingerprint density at radius 2 is 1.86 bits per heavy atom. The molecular weight excluding hydrogens is 277 g/mol. The Kier molecular flexibility index (Phi) is 4.81. The SMILES string of the molecule is CC(C)C1CCN(c2ccc(CN)cc2C(F)(F)F)CC1. The van der Waals surface area contributed by atoms with Gasteiger partial charge < -0.3 is 10.6 Å². The molecule has 0 aliphatic carbocycles. The number of piperidine rings is 1. The molecule has 2 N–H and O–H groups in total. The summed E-state index contributed by atoms with van der Waals surface area (Å²) in [6, 6.07) is 4.45. The van der Waals surface area contributed by atoms with Crippen LogP contribution in [0.1, 0.15) is 37.8 Å². The largest absolute Gasteiger partial charge is 0.418 e. The van der Waals surface area contributed by atoms with E-state index in [0.717, 1.165) is 12.8 Å². The second-order valence-corrected chi connectivity index (χ2v) is 6.12. The van der Waals surface area contributed by atoms with Gasteiger partial charge in [-0.1, -0.05) is 19.9 Å². The van der Waals surface area contributed by atoms with E-state index >= 15 is 0 Å². The monoisotopic (exact) mass is 300 g/mol. The van der Waals surface area contributed by atoms with Crippen LogP contribution < -0.4 is 10.6 Å². The Balaban J connectivity index is 2.24. The summed E-state index contributed by atoms with van der Waals surface area (Å²) in [6.07, 6.45) is -2.43. The van der Waals surface area contributed by atoms with Crippen LogP contribution in [0.15, 0.2) is 18.2 Å². The molecule has 0 spiro atoms. The first-order valence-corrected chi connectivity index (χ1v) is 7.48. The first kappa shape index (κ1) is 16.1. The lowest BCUT2D eigenvalue weighted by molar-refractivity contribution is -0.137. The van der Waals surface area contributed by atoms with E-state index in [1.807, 2.05) is 4.90 Å². The molecular formula is C16H23F3N2. The zero-order valence-electron chi connectivity index (χ0n) is 12.6.